The van der Waals surface area contributed by atoms with Gasteiger partial charge in [0.2, 0.25) is 0 Å². The molecule has 122 valence electrons. The van der Waals surface area contributed by atoms with Gasteiger partial charge in [-0.25, -0.2) is 0 Å². The molecule has 0 aliphatic heterocycles. The van der Waals surface area contributed by atoms with Gasteiger partial charge in [-0.3, -0.25) is 0 Å². The Labute approximate surface area is 136 Å². The fraction of sp³-hybridized carbons (Fsp3) is 0.188. The third-order valence-corrected chi connectivity index (χ3v) is 3.34. The van der Waals surface area contributed by atoms with Crippen LogP contribution in [0.25, 0.3) is 0 Å². The van der Waals surface area contributed by atoms with Crippen LogP contribution in [0.1, 0.15) is 24.5 Å². The highest BCUT2D eigenvalue weighted by Crippen LogP contribution is 2.30. The summed E-state index contributed by atoms with van der Waals surface area (Å²) < 4.78 is 37.5. The first-order valence-corrected chi connectivity index (χ1v) is 7.15. The molecule has 3 nitrogen and oxygen atoms in total. The maximum atomic E-state index is 12.5. The molecule has 0 amide bonds. The zero-order valence-electron chi connectivity index (χ0n) is 12.2. The van der Waals surface area contributed by atoms with Crippen LogP contribution in [0.4, 0.5) is 18.9 Å². The summed E-state index contributed by atoms with van der Waals surface area (Å²) in [6.07, 6.45) is -3.86. The maximum Gasteiger partial charge on any atom is 0.416 e. The van der Waals surface area contributed by atoms with E-state index in [1.54, 1.807) is 18.2 Å². The van der Waals surface area contributed by atoms with Crippen LogP contribution < -0.4 is 10.6 Å². The molecule has 0 unspecified atom stereocenters. The summed E-state index contributed by atoms with van der Waals surface area (Å²) in [5.41, 5.74) is 6.81. The molecule has 0 saturated carbocycles. The molecular weight excluding hydrogens is 329 g/mol. The van der Waals surface area contributed by atoms with Crippen molar-refractivity contribution in [2.45, 2.75) is 19.5 Å². The third-order valence-electron chi connectivity index (χ3n) is 3.10. The SMILES string of the molecule is CC/C(=N\Oc1ccc(C(F)(F)F)cc1)c1cc(Cl)ccc1N. The number of rotatable bonds is 4. The number of benzene rings is 2. The van der Waals surface area contributed by atoms with Crippen molar-refractivity contribution in [2.75, 3.05) is 5.73 Å². The van der Waals surface area contributed by atoms with Crippen molar-refractivity contribution < 1.29 is 18.0 Å². The number of nitrogens with two attached hydrogens (primary N) is 1. The standard InChI is InChI=1S/C16H14ClF3N2O/c1-2-15(13-9-11(17)5-8-14(13)21)22-23-12-6-3-10(4-7-12)16(18,19)20/h3-9H,2,21H2,1H3/b22-15+. The van der Waals surface area contributed by atoms with E-state index in [2.05, 4.69) is 5.16 Å². The van der Waals surface area contributed by atoms with E-state index in [1.165, 1.54) is 12.1 Å². The first kappa shape index (κ1) is 17.1. The minimum absolute atomic E-state index is 0.199. The predicted molar refractivity (Wildman–Crippen MR) is 84.8 cm³/mol. The third kappa shape index (κ3) is 4.39. The van der Waals surface area contributed by atoms with Gasteiger partial charge in [-0.1, -0.05) is 23.7 Å². The number of nitrogens with zero attached hydrogens (tertiary/aromatic N) is 1. The van der Waals surface area contributed by atoms with Crippen LogP contribution in [0.3, 0.4) is 0 Å². The minimum atomic E-state index is -4.38. The number of hydrogen-bond donors (Lipinski definition) is 1. The highest BCUT2D eigenvalue weighted by Gasteiger charge is 2.30. The van der Waals surface area contributed by atoms with Gasteiger partial charge >= 0.3 is 6.18 Å². The Morgan fingerprint density at radius 1 is 1.17 bits per heavy atom. The normalized spacial score (nSPS) is 12.3. The second-order valence-corrected chi connectivity index (χ2v) is 5.17. The molecule has 0 aliphatic rings. The summed E-state index contributed by atoms with van der Waals surface area (Å²) in [4.78, 5) is 5.20. The predicted octanol–water partition coefficient (Wildman–Crippen LogP) is 5.13. The smallest absolute Gasteiger partial charge is 0.398 e. The fourth-order valence-electron chi connectivity index (χ4n) is 1.90. The number of alkyl halides is 3. The van der Waals surface area contributed by atoms with Crippen LogP contribution in [0, 0.1) is 0 Å². The molecule has 0 atom stereocenters. The van der Waals surface area contributed by atoms with Crippen molar-refractivity contribution >= 4 is 23.0 Å². The molecule has 7 heteroatoms. The van der Waals surface area contributed by atoms with Crippen LogP contribution in [-0.4, -0.2) is 5.71 Å². The van der Waals surface area contributed by atoms with Gasteiger partial charge in [0.1, 0.15) is 0 Å². The zero-order valence-corrected chi connectivity index (χ0v) is 12.9. The fourth-order valence-corrected chi connectivity index (χ4v) is 2.07. The van der Waals surface area contributed by atoms with E-state index >= 15 is 0 Å². The Morgan fingerprint density at radius 2 is 1.83 bits per heavy atom. The lowest BCUT2D eigenvalue weighted by Crippen LogP contribution is -2.06. The van der Waals surface area contributed by atoms with Crippen LogP contribution in [0.2, 0.25) is 5.02 Å². The van der Waals surface area contributed by atoms with Crippen molar-refractivity contribution in [3.63, 3.8) is 0 Å². The van der Waals surface area contributed by atoms with Gasteiger partial charge in [0, 0.05) is 16.3 Å². The van der Waals surface area contributed by atoms with Crippen LogP contribution in [0.5, 0.6) is 5.75 Å². The largest absolute Gasteiger partial charge is 0.416 e. The molecule has 0 radical (unpaired) electrons. The van der Waals surface area contributed by atoms with Gasteiger partial charge in [0.25, 0.3) is 0 Å². The molecule has 23 heavy (non-hydrogen) atoms. The van der Waals surface area contributed by atoms with Gasteiger partial charge in [-0.05, 0) is 48.9 Å². The summed E-state index contributed by atoms with van der Waals surface area (Å²) >= 11 is 5.94. The Morgan fingerprint density at radius 3 is 2.39 bits per heavy atom. The Kier molecular flexibility index (Phi) is 5.15. The number of hydrogen-bond acceptors (Lipinski definition) is 3. The number of anilines is 1. The summed E-state index contributed by atoms with van der Waals surface area (Å²) in [5, 5.41) is 4.48. The molecule has 2 aromatic carbocycles. The van der Waals surface area contributed by atoms with Crippen LogP contribution in [-0.2, 0) is 6.18 Å². The van der Waals surface area contributed by atoms with Gasteiger partial charge in [0.15, 0.2) is 5.75 Å². The first-order chi connectivity index (χ1) is 10.8. The van der Waals surface area contributed by atoms with E-state index in [4.69, 9.17) is 22.2 Å². The van der Waals surface area contributed by atoms with Crippen molar-refractivity contribution in [1.82, 2.24) is 0 Å². The Balaban J connectivity index is 2.21. The lowest BCUT2D eigenvalue weighted by Gasteiger charge is -2.09. The molecule has 0 saturated heterocycles. The highest BCUT2D eigenvalue weighted by atomic mass is 35.5. The molecule has 0 aromatic heterocycles. The van der Waals surface area contributed by atoms with E-state index in [0.29, 0.717) is 28.4 Å². The van der Waals surface area contributed by atoms with Crippen LogP contribution >= 0.6 is 11.6 Å². The number of oxime groups is 1. The molecule has 0 bridgehead atoms. The molecule has 0 aliphatic carbocycles. The molecule has 2 rings (SSSR count). The highest BCUT2D eigenvalue weighted by molar-refractivity contribution is 6.31. The number of halogens is 4. The Bertz CT molecular complexity index is 712. The van der Waals surface area contributed by atoms with Crippen molar-refractivity contribution in [3.05, 3.63) is 58.6 Å². The van der Waals surface area contributed by atoms with E-state index in [0.717, 1.165) is 12.1 Å². The summed E-state index contributed by atoms with van der Waals surface area (Å²) in [6, 6.07) is 9.26. The van der Waals surface area contributed by atoms with Gasteiger partial charge in [-0.15, -0.1) is 0 Å². The topological polar surface area (TPSA) is 47.6 Å². The average Bonchev–Trinajstić information content (AvgIpc) is 2.50. The molecule has 0 spiro atoms. The average molecular weight is 343 g/mol. The molecule has 2 N–H and O–H groups in total. The number of nitrogen functional groups attached to an aromatic ring is 1. The molecular formula is C16H14ClF3N2O. The minimum Gasteiger partial charge on any atom is -0.398 e. The lowest BCUT2D eigenvalue weighted by atomic mass is 10.1. The van der Waals surface area contributed by atoms with Crippen molar-refractivity contribution in [3.8, 4) is 5.75 Å². The Hall–Kier alpha value is -2.21. The van der Waals surface area contributed by atoms with E-state index in [9.17, 15) is 13.2 Å². The maximum absolute atomic E-state index is 12.5. The van der Waals surface area contributed by atoms with E-state index < -0.39 is 11.7 Å². The van der Waals surface area contributed by atoms with Gasteiger partial charge < -0.3 is 10.6 Å². The lowest BCUT2D eigenvalue weighted by molar-refractivity contribution is -0.137. The van der Waals surface area contributed by atoms with E-state index in [1.807, 2.05) is 6.92 Å². The van der Waals surface area contributed by atoms with Crippen LogP contribution in [0.15, 0.2) is 47.6 Å². The molecule has 0 fully saturated rings. The summed E-state index contributed by atoms with van der Waals surface area (Å²) in [6.45, 7) is 1.86. The quantitative estimate of drug-likeness (QED) is 0.475. The zero-order chi connectivity index (χ0) is 17.0. The first-order valence-electron chi connectivity index (χ1n) is 6.77. The van der Waals surface area contributed by atoms with Gasteiger partial charge in [0.05, 0.1) is 11.3 Å². The van der Waals surface area contributed by atoms with E-state index in [-0.39, 0.29) is 5.75 Å². The summed E-state index contributed by atoms with van der Waals surface area (Å²) in [7, 11) is 0. The molecule has 0 heterocycles. The van der Waals surface area contributed by atoms with Gasteiger partial charge in [-0.2, -0.15) is 13.2 Å². The second-order valence-electron chi connectivity index (χ2n) is 4.74. The van der Waals surface area contributed by atoms with Crippen molar-refractivity contribution in [1.29, 1.82) is 0 Å². The molecule has 2 aromatic rings. The monoisotopic (exact) mass is 342 g/mol. The summed E-state index contributed by atoms with van der Waals surface area (Å²) in [5.74, 6) is 0.199. The van der Waals surface area contributed by atoms with Crippen molar-refractivity contribution in [2.24, 2.45) is 5.16 Å². The second kappa shape index (κ2) is 6.91.